The third-order valence-electron chi connectivity index (χ3n) is 4.70. The molecule has 0 amide bonds. The van der Waals surface area contributed by atoms with E-state index in [1.807, 2.05) is 0 Å². The molecule has 0 aliphatic carbocycles. The maximum absolute atomic E-state index is 13.3. The van der Waals surface area contributed by atoms with Gasteiger partial charge in [-0.05, 0) is 38.1 Å². The van der Waals surface area contributed by atoms with Crippen molar-refractivity contribution in [1.29, 1.82) is 0 Å². The quantitative estimate of drug-likeness (QED) is 0.534. The summed E-state index contributed by atoms with van der Waals surface area (Å²) in [6.45, 7) is 2.95. The van der Waals surface area contributed by atoms with E-state index >= 15 is 0 Å². The number of nitrogens with zero attached hydrogens (tertiary/aromatic N) is 3. The Balaban J connectivity index is 2.11. The predicted molar refractivity (Wildman–Crippen MR) is 100 cm³/mol. The average Bonchev–Trinajstić information content (AvgIpc) is 2.94. The largest absolute Gasteiger partial charge is 0.573 e. The third-order valence-corrected chi connectivity index (χ3v) is 4.70. The van der Waals surface area contributed by atoms with Crippen LogP contribution >= 0.6 is 0 Å². The molecule has 1 aromatic carbocycles. The van der Waals surface area contributed by atoms with Crippen molar-refractivity contribution in [1.82, 2.24) is 14.3 Å². The predicted octanol–water partition coefficient (Wildman–Crippen LogP) is 3.05. The Labute approximate surface area is 165 Å². The molecule has 4 aromatic rings. The Hall–Kier alpha value is -3.76. The van der Waals surface area contributed by atoms with Crippen LogP contribution in [0.1, 0.15) is 11.3 Å². The summed E-state index contributed by atoms with van der Waals surface area (Å²) in [5.41, 5.74) is -0.907. The van der Waals surface area contributed by atoms with Gasteiger partial charge in [0.1, 0.15) is 22.5 Å². The number of rotatable bonds is 2. The van der Waals surface area contributed by atoms with E-state index in [4.69, 9.17) is 4.42 Å². The van der Waals surface area contributed by atoms with Crippen LogP contribution in [-0.2, 0) is 7.05 Å². The lowest BCUT2D eigenvalue weighted by atomic mass is 10.1. The summed E-state index contributed by atoms with van der Waals surface area (Å²) in [6.07, 6.45) is -4.85. The molecule has 3 heterocycles. The molecule has 156 valence electrons. The highest BCUT2D eigenvalue weighted by molar-refractivity contribution is 6.05. The first kappa shape index (κ1) is 19.6. The molecular formula is C19H14F3N3O5. The lowest BCUT2D eigenvalue weighted by molar-refractivity contribution is -0.274. The van der Waals surface area contributed by atoms with Crippen molar-refractivity contribution in [3.05, 3.63) is 56.3 Å². The van der Waals surface area contributed by atoms with Crippen molar-refractivity contribution in [3.63, 3.8) is 0 Å². The molecule has 0 bridgehead atoms. The maximum atomic E-state index is 13.3. The number of pyridine rings is 1. The Morgan fingerprint density at radius 2 is 1.73 bits per heavy atom. The summed E-state index contributed by atoms with van der Waals surface area (Å²) in [4.78, 5) is 25.4. The van der Waals surface area contributed by atoms with Gasteiger partial charge in [-0.3, -0.25) is 14.0 Å². The van der Waals surface area contributed by atoms with Gasteiger partial charge in [-0.25, -0.2) is 4.79 Å². The molecule has 3 aromatic heterocycles. The molecule has 4 rings (SSSR count). The minimum Gasteiger partial charge on any atom is -0.506 e. The second-order valence-electron chi connectivity index (χ2n) is 6.66. The van der Waals surface area contributed by atoms with E-state index < -0.39 is 29.0 Å². The van der Waals surface area contributed by atoms with Crippen molar-refractivity contribution in [2.45, 2.75) is 20.2 Å². The number of ether oxygens (including phenoxy) is 1. The molecule has 0 aliphatic rings. The number of fused-ring (bicyclic) bond motifs is 3. The van der Waals surface area contributed by atoms with Gasteiger partial charge in [0.05, 0.1) is 22.3 Å². The summed E-state index contributed by atoms with van der Waals surface area (Å²) in [5.74, 6) is -0.982. The number of aromatic hydroxyl groups is 1. The highest BCUT2D eigenvalue weighted by Crippen LogP contribution is 2.32. The number of halogens is 3. The second kappa shape index (κ2) is 6.37. The van der Waals surface area contributed by atoms with E-state index in [1.165, 1.54) is 28.3 Å². The zero-order valence-corrected chi connectivity index (χ0v) is 15.9. The maximum Gasteiger partial charge on any atom is 0.573 e. The van der Waals surface area contributed by atoms with Crippen LogP contribution in [0.3, 0.4) is 0 Å². The first-order valence-corrected chi connectivity index (χ1v) is 8.60. The van der Waals surface area contributed by atoms with Crippen LogP contribution in [0.2, 0.25) is 0 Å². The Morgan fingerprint density at radius 1 is 1.10 bits per heavy atom. The molecule has 0 saturated heterocycles. The van der Waals surface area contributed by atoms with Crippen LogP contribution in [0.4, 0.5) is 13.2 Å². The number of aryl methyl sites for hydroxylation is 2. The van der Waals surface area contributed by atoms with Crippen LogP contribution in [-0.4, -0.2) is 25.8 Å². The molecule has 0 fully saturated rings. The smallest absolute Gasteiger partial charge is 0.506 e. The highest BCUT2D eigenvalue weighted by atomic mass is 19.4. The van der Waals surface area contributed by atoms with Gasteiger partial charge >= 0.3 is 12.0 Å². The van der Waals surface area contributed by atoms with Crippen LogP contribution in [0, 0.1) is 13.8 Å². The lowest BCUT2D eigenvalue weighted by Crippen LogP contribution is -2.22. The zero-order chi connectivity index (χ0) is 22.0. The standard InChI is InChI=1S/C19H14F3N3O5/c1-8-14(26)13-15(29-18(8)28)12-9(2)23-24(3)16(12)25(17(13)27)10-4-6-11(7-5-10)30-19(20,21)22/h4-7,26H,1-3H3. The van der Waals surface area contributed by atoms with E-state index in [2.05, 4.69) is 9.84 Å². The van der Waals surface area contributed by atoms with Crippen LogP contribution in [0.15, 0.2) is 38.3 Å². The van der Waals surface area contributed by atoms with Gasteiger partial charge < -0.3 is 14.3 Å². The second-order valence-corrected chi connectivity index (χ2v) is 6.66. The number of benzene rings is 1. The van der Waals surface area contributed by atoms with Gasteiger partial charge in [-0.15, -0.1) is 13.2 Å². The zero-order valence-electron chi connectivity index (χ0n) is 15.9. The van der Waals surface area contributed by atoms with Gasteiger partial charge in [0, 0.05) is 7.05 Å². The van der Waals surface area contributed by atoms with Crippen molar-refractivity contribution in [3.8, 4) is 17.2 Å². The van der Waals surface area contributed by atoms with Crippen molar-refractivity contribution in [2.75, 3.05) is 0 Å². The minimum atomic E-state index is -4.85. The first-order valence-electron chi connectivity index (χ1n) is 8.60. The fraction of sp³-hybridized carbons (Fsp3) is 0.211. The number of hydrogen-bond donors (Lipinski definition) is 1. The van der Waals surface area contributed by atoms with E-state index in [-0.39, 0.29) is 27.9 Å². The van der Waals surface area contributed by atoms with Crippen LogP contribution in [0.5, 0.6) is 11.5 Å². The van der Waals surface area contributed by atoms with E-state index in [1.54, 1.807) is 14.0 Å². The summed E-state index contributed by atoms with van der Waals surface area (Å²) in [6, 6.07) is 4.65. The molecule has 0 unspecified atom stereocenters. The molecule has 8 nitrogen and oxygen atoms in total. The molecule has 0 atom stereocenters. The summed E-state index contributed by atoms with van der Waals surface area (Å²) < 4.78 is 49.0. The van der Waals surface area contributed by atoms with Crippen LogP contribution < -0.4 is 15.9 Å². The van der Waals surface area contributed by atoms with Gasteiger partial charge in [0.15, 0.2) is 5.58 Å². The number of aromatic nitrogens is 3. The molecule has 30 heavy (non-hydrogen) atoms. The summed E-state index contributed by atoms with van der Waals surface area (Å²) in [7, 11) is 1.56. The van der Waals surface area contributed by atoms with E-state index in [0.29, 0.717) is 11.1 Å². The van der Waals surface area contributed by atoms with Gasteiger partial charge in [-0.1, -0.05) is 0 Å². The number of alkyl halides is 3. The number of hydrogen-bond acceptors (Lipinski definition) is 6. The molecule has 11 heteroatoms. The Kier molecular flexibility index (Phi) is 4.15. The van der Waals surface area contributed by atoms with Gasteiger partial charge in [0.25, 0.3) is 5.56 Å². The highest BCUT2D eigenvalue weighted by Gasteiger charge is 2.31. The van der Waals surface area contributed by atoms with E-state index in [9.17, 15) is 27.9 Å². The first-order chi connectivity index (χ1) is 14.0. The SMILES string of the molecule is Cc1c(O)c2c(=O)n(-c3ccc(OC(F)(F)F)cc3)c3c(c(C)nn3C)c2oc1=O. The molecular weight excluding hydrogens is 407 g/mol. The van der Waals surface area contributed by atoms with Crippen LogP contribution in [0.25, 0.3) is 27.7 Å². The molecule has 0 saturated carbocycles. The third kappa shape index (κ3) is 2.90. The van der Waals surface area contributed by atoms with Crippen molar-refractivity contribution < 1.29 is 27.4 Å². The normalized spacial score (nSPS) is 12.1. The summed E-state index contributed by atoms with van der Waals surface area (Å²) in [5, 5.41) is 14.8. The lowest BCUT2D eigenvalue weighted by Gasteiger charge is -2.13. The molecule has 0 radical (unpaired) electrons. The molecule has 1 N–H and O–H groups in total. The van der Waals surface area contributed by atoms with Gasteiger partial charge in [-0.2, -0.15) is 5.10 Å². The molecule has 0 spiro atoms. The molecule has 0 aliphatic heterocycles. The summed E-state index contributed by atoms with van der Waals surface area (Å²) >= 11 is 0. The van der Waals surface area contributed by atoms with Gasteiger partial charge in [0.2, 0.25) is 0 Å². The topological polar surface area (TPSA) is 99.5 Å². The van der Waals surface area contributed by atoms with Crippen molar-refractivity contribution >= 4 is 22.0 Å². The fourth-order valence-electron chi connectivity index (χ4n) is 3.40. The Morgan fingerprint density at radius 3 is 2.33 bits per heavy atom. The Bertz CT molecular complexity index is 1430. The fourth-order valence-corrected chi connectivity index (χ4v) is 3.40. The average molecular weight is 421 g/mol. The monoisotopic (exact) mass is 421 g/mol. The van der Waals surface area contributed by atoms with E-state index in [0.717, 1.165) is 12.1 Å². The van der Waals surface area contributed by atoms with Crippen molar-refractivity contribution in [2.24, 2.45) is 7.05 Å². The minimum absolute atomic E-state index is 0.109.